The fourth-order valence-corrected chi connectivity index (χ4v) is 10.3. The van der Waals surface area contributed by atoms with E-state index in [4.69, 9.17) is 5.10 Å². The topological polar surface area (TPSA) is 166 Å². The van der Waals surface area contributed by atoms with Gasteiger partial charge in [0.1, 0.15) is 6.04 Å². The van der Waals surface area contributed by atoms with Gasteiger partial charge in [0.2, 0.25) is 17.7 Å². The Balaban J connectivity index is 0.842. The molecule has 1 unspecified atom stereocenters. The number of likely N-dealkylation sites (tertiary alicyclic amines) is 1. The zero-order valence-corrected chi connectivity index (χ0v) is 34.6. The summed E-state index contributed by atoms with van der Waals surface area (Å²) in [7, 11) is 1.74. The van der Waals surface area contributed by atoms with Crippen molar-refractivity contribution in [2.45, 2.75) is 83.1 Å². The summed E-state index contributed by atoms with van der Waals surface area (Å²) in [6.07, 6.45) is 3.74. The maximum Gasteiger partial charge on any atom is 0.264 e. The van der Waals surface area contributed by atoms with E-state index in [1.165, 1.54) is 4.90 Å². The van der Waals surface area contributed by atoms with Crippen molar-refractivity contribution >= 4 is 46.9 Å². The largest absolute Gasteiger partial charge is 0.341 e. The maximum atomic E-state index is 14.7. The van der Waals surface area contributed by atoms with Gasteiger partial charge in [0, 0.05) is 93.4 Å². The lowest BCUT2D eigenvalue weighted by atomic mass is 9.92. The highest BCUT2D eigenvalue weighted by Crippen LogP contribution is 2.44. The van der Waals surface area contributed by atoms with Crippen molar-refractivity contribution in [1.29, 1.82) is 0 Å². The minimum absolute atomic E-state index is 0.0370. The minimum atomic E-state index is -2.75. The minimum Gasteiger partial charge on any atom is -0.341 e. The van der Waals surface area contributed by atoms with Crippen LogP contribution in [0.5, 0.6) is 0 Å². The average Bonchev–Trinajstić information content (AvgIpc) is 4.05. The Morgan fingerprint density at radius 1 is 0.825 bits per heavy atom. The molecule has 0 radical (unpaired) electrons. The Bertz CT molecular complexity index is 2570. The van der Waals surface area contributed by atoms with Crippen LogP contribution in [0.2, 0.25) is 0 Å². The Kier molecular flexibility index (Phi) is 10.2. The maximum absolute atomic E-state index is 14.7. The SMILES string of the molecule is Cn1cc(-c2cc3c(cc2C(F)F)N(c2nn(C4CCN(C(=O)CN5Cc6cc7c(cc6C5)C(=O)N(C5CCC(=O)NC5=O)C7=O)CC4)c4c2CN(C(=O)CF)CC4)CCC3)cn1. The van der Waals surface area contributed by atoms with Crippen LogP contribution in [0.3, 0.4) is 0 Å². The molecule has 8 heterocycles. The first-order chi connectivity index (χ1) is 30.4. The van der Waals surface area contributed by atoms with Gasteiger partial charge in [-0.25, -0.2) is 13.2 Å². The highest BCUT2D eigenvalue weighted by atomic mass is 19.3. The molecule has 10 rings (SSSR count). The third kappa shape index (κ3) is 7.05. The number of rotatable bonds is 8. The molecule has 0 aliphatic carbocycles. The molecule has 4 aromatic rings. The third-order valence-corrected chi connectivity index (χ3v) is 13.5. The summed E-state index contributed by atoms with van der Waals surface area (Å²) in [6.45, 7) is 1.73. The number of halogens is 3. The van der Waals surface area contributed by atoms with Crippen molar-refractivity contribution in [3.05, 3.63) is 81.3 Å². The van der Waals surface area contributed by atoms with Crippen molar-refractivity contribution < 1.29 is 41.9 Å². The van der Waals surface area contributed by atoms with Crippen LogP contribution >= 0.6 is 0 Å². The number of fused-ring (bicyclic) bond motifs is 4. The molecular formula is C44H45F3N10O6. The molecule has 1 atom stereocenters. The van der Waals surface area contributed by atoms with Gasteiger partial charge >= 0.3 is 0 Å². The Morgan fingerprint density at radius 3 is 2.19 bits per heavy atom. The lowest BCUT2D eigenvalue weighted by Crippen LogP contribution is -2.54. The molecule has 0 saturated carbocycles. The first kappa shape index (κ1) is 40.7. The van der Waals surface area contributed by atoms with Crippen LogP contribution in [0.15, 0.2) is 36.7 Å². The molecule has 2 aromatic carbocycles. The fraction of sp³-hybridized carbons (Fsp3) is 0.455. The molecule has 328 valence electrons. The molecule has 6 aliphatic heterocycles. The zero-order valence-electron chi connectivity index (χ0n) is 34.6. The Hall–Kier alpha value is -6.37. The first-order valence-electron chi connectivity index (χ1n) is 21.4. The lowest BCUT2D eigenvalue weighted by Gasteiger charge is -2.34. The van der Waals surface area contributed by atoms with Crippen LogP contribution < -0.4 is 10.2 Å². The summed E-state index contributed by atoms with van der Waals surface area (Å²) in [5.74, 6) is -2.35. The molecular weight excluding hydrogens is 822 g/mol. The molecule has 63 heavy (non-hydrogen) atoms. The van der Waals surface area contributed by atoms with E-state index in [-0.39, 0.29) is 54.6 Å². The summed E-state index contributed by atoms with van der Waals surface area (Å²) in [5.41, 5.74) is 6.22. The number of aryl methyl sites for hydroxylation is 2. The monoisotopic (exact) mass is 866 g/mol. The summed E-state index contributed by atoms with van der Waals surface area (Å²) in [5, 5.41) is 11.6. The van der Waals surface area contributed by atoms with Gasteiger partial charge in [0.05, 0.1) is 36.5 Å². The molecule has 2 saturated heterocycles. The number of carbonyl (C=O) groups excluding carboxylic acids is 6. The molecule has 0 bridgehead atoms. The normalized spacial score (nSPS) is 20.4. The van der Waals surface area contributed by atoms with Gasteiger partial charge in [0.25, 0.3) is 24.1 Å². The summed E-state index contributed by atoms with van der Waals surface area (Å²) < 4.78 is 46.7. The standard InChI is InChI=1S/C44H45F3N10O6/c1-51-19-27(18-48-51)29-13-24-3-2-9-55(36(24)16-30(29)40(46)47)41-33-22-54(38(59)17-45)12-8-34(33)57(50-41)28-6-10-53(11-7-28)39(60)23-52-20-25-14-31-32(15-26(25)21-52)44(63)56(43(31)62)35-4-5-37(58)49-42(35)61/h13-16,18-19,28,35,40H,2-12,17,20-23H2,1H3,(H,49,58,61). The molecule has 2 fully saturated rings. The van der Waals surface area contributed by atoms with Crippen LogP contribution in [0.1, 0.15) is 98.8 Å². The number of hydrogen-bond donors (Lipinski definition) is 1. The van der Waals surface area contributed by atoms with E-state index in [1.54, 1.807) is 42.3 Å². The van der Waals surface area contributed by atoms with Gasteiger partial charge in [0.15, 0.2) is 12.5 Å². The number of anilines is 2. The van der Waals surface area contributed by atoms with E-state index in [0.717, 1.165) is 39.3 Å². The van der Waals surface area contributed by atoms with Gasteiger partial charge in [-0.3, -0.25) is 53.2 Å². The Morgan fingerprint density at radius 2 is 1.54 bits per heavy atom. The second kappa shape index (κ2) is 15.8. The summed E-state index contributed by atoms with van der Waals surface area (Å²) in [6, 6.07) is 5.60. The number of hydrogen-bond acceptors (Lipinski definition) is 10. The van der Waals surface area contributed by atoms with Gasteiger partial charge in [-0.05, 0) is 78.6 Å². The molecule has 6 amide bonds. The van der Waals surface area contributed by atoms with Crippen molar-refractivity contribution in [2.24, 2.45) is 7.05 Å². The molecule has 6 aliphatic rings. The average molecular weight is 867 g/mol. The van der Waals surface area contributed by atoms with Crippen molar-refractivity contribution in [2.75, 3.05) is 44.3 Å². The molecule has 2 aromatic heterocycles. The van der Waals surface area contributed by atoms with E-state index in [1.807, 2.05) is 25.4 Å². The molecule has 16 nitrogen and oxygen atoms in total. The number of benzene rings is 2. The number of amides is 6. The van der Waals surface area contributed by atoms with Crippen molar-refractivity contribution in [3.8, 4) is 11.1 Å². The van der Waals surface area contributed by atoms with E-state index >= 15 is 0 Å². The van der Waals surface area contributed by atoms with Crippen molar-refractivity contribution in [3.63, 3.8) is 0 Å². The highest BCUT2D eigenvalue weighted by molar-refractivity contribution is 6.23. The van der Waals surface area contributed by atoms with Crippen LogP contribution in [-0.2, 0) is 58.7 Å². The summed E-state index contributed by atoms with van der Waals surface area (Å²) >= 11 is 0. The number of piperidine rings is 2. The number of carbonyl (C=O) groups is 6. The van der Waals surface area contributed by atoms with Crippen LogP contribution in [-0.4, -0.2) is 120 Å². The van der Waals surface area contributed by atoms with E-state index in [2.05, 4.69) is 10.4 Å². The summed E-state index contributed by atoms with van der Waals surface area (Å²) in [4.78, 5) is 85.5. The Labute approximate surface area is 359 Å². The van der Waals surface area contributed by atoms with Gasteiger partial charge in [-0.1, -0.05) is 0 Å². The number of alkyl halides is 3. The van der Waals surface area contributed by atoms with Gasteiger partial charge < -0.3 is 14.7 Å². The second-order valence-electron chi connectivity index (χ2n) is 17.3. The van der Waals surface area contributed by atoms with Crippen LogP contribution in [0.4, 0.5) is 24.7 Å². The quantitative estimate of drug-likeness (QED) is 0.258. The zero-order chi connectivity index (χ0) is 43.8. The fourth-order valence-electron chi connectivity index (χ4n) is 10.3. The number of nitrogens with one attached hydrogen (secondary N) is 1. The number of aromatic nitrogens is 4. The first-order valence-corrected chi connectivity index (χ1v) is 21.4. The van der Waals surface area contributed by atoms with Crippen LogP contribution in [0, 0.1) is 0 Å². The van der Waals surface area contributed by atoms with E-state index in [9.17, 15) is 41.9 Å². The third-order valence-electron chi connectivity index (χ3n) is 13.5. The predicted octanol–water partition coefficient (Wildman–Crippen LogP) is 3.74. The van der Waals surface area contributed by atoms with Gasteiger partial charge in [-0.2, -0.15) is 10.2 Å². The smallest absolute Gasteiger partial charge is 0.264 e. The second-order valence-corrected chi connectivity index (χ2v) is 17.3. The van der Waals surface area contributed by atoms with E-state index < -0.39 is 48.7 Å². The molecule has 0 spiro atoms. The van der Waals surface area contributed by atoms with E-state index in [0.29, 0.717) is 87.6 Å². The number of nitrogens with zero attached hydrogens (tertiary/aromatic N) is 9. The number of imide groups is 2. The lowest BCUT2D eigenvalue weighted by molar-refractivity contribution is -0.136. The molecule has 1 N–H and O–H groups in total. The van der Waals surface area contributed by atoms with Gasteiger partial charge in [-0.15, -0.1) is 0 Å². The predicted molar refractivity (Wildman–Crippen MR) is 218 cm³/mol. The van der Waals surface area contributed by atoms with Crippen molar-refractivity contribution in [1.82, 2.24) is 44.5 Å². The highest BCUT2D eigenvalue weighted by Gasteiger charge is 2.46. The molecule has 19 heteroatoms. The van der Waals surface area contributed by atoms with Crippen LogP contribution in [0.25, 0.3) is 11.1 Å².